The van der Waals surface area contributed by atoms with Gasteiger partial charge < -0.3 is 0 Å². The lowest BCUT2D eigenvalue weighted by Crippen LogP contribution is -2.43. The first-order valence-corrected chi connectivity index (χ1v) is 61.9. The molecule has 0 N–H and O–H groups in total. The average Bonchev–Trinajstić information content (AvgIpc) is 1.52. The van der Waals surface area contributed by atoms with Crippen molar-refractivity contribution in [3.05, 3.63) is 0 Å². The minimum absolute atomic E-state index is 1.16. The van der Waals surface area contributed by atoms with Crippen LogP contribution in [0.4, 0.5) is 0 Å². The summed E-state index contributed by atoms with van der Waals surface area (Å²) in [6, 6.07) is 0. The van der Waals surface area contributed by atoms with Gasteiger partial charge in [-0.3, -0.25) is 0 Å². The number of fused-ring (bicyclic) bond motifs is 73. The van der Waals surface area contributed by atoms with Gasteiger partial charge >= 0.3 is 0 Å². The van der Waals surface area contributed by atoms with E-state index in [1.54, 1.807) is 443 Å². The van der Waals surface area contributed by atoms with Crippen LogP contribution in [0.5, 0.6) is 0 Å². The highest BCUT2D eigenvalue weighted by molar-refractivity contribution is 5.21. The summed E-state index contributed by atoms with van der Waals surface area (Å²) in [5, 5.41) is 0. The fourth-order valence-corrected chi connectivity index (χ4v) is 53.7. The van der Waals surface area contributed by atoms with E-state index >= 15 is 0 Å². The lowest BCUT2D eigenvalue weighted by atomic mass is 9.54. The van der Waals surface area contributed by atoms with Crippen molar-refractivity contribution in [1.29, 1.82) is 0 Å². The van der Waals surface area contributed by atoms with Crippen LogP contribution in [-0.2, 0) is 0 Å². The summed E-state index contributed by atoms with van der Waals surface area (Å²) in [5.74, 6) is 67.6. The van der Waals surface area contributed by atoms with Crippen molar-refractivity contribution < 1.29 is 0 Å². The number of hydrogen-bond acceptors (Lipinski definition) is 0. The molecule has 0 aliphatic heterocycles. The summed E-state index contributed by atoms with van der Waals surface area (Å²) in [4.78, 5) is 0. The quantitative estimate of drug-likeness (QED) is 0.212. The van der Waals surface area contributed by atoms with Crippen molar-refractivity contribution in [3.8, 4) is 0 Å². The van der Waals surface area contributed by atoms with Crippen LogP contribution in [0.1, 0.15) is 443 Å². The Morgan fingerprint density at radius 3 is 0.528 bits per heavy atom. The molecule has 0 nitrogen and oxygen atoms in total. The summed E-state index contributed by atoms with van der Waals surface area (Å²) < 4.78 is 0. The van der Waals surface area contributed by atoms with Crippen molar-refractivity contribution in [1.82, 2.24) is 0 Å². The highest BCUT2D eigenvalue weighted by Gasteiger charge is 2.72. The first-order chi connectivity index (χ1) is 61.9. The molecule has 0 aromatic carbocycles. The Kier molecular flexibility index (Phi) is 21.9. The number of hydrogen-bond donors (Lipinski definition) is 0. The topological polar surface area (TPSA) is 0 Å². The molecule has 125 heavy (non-hydrogen) atoms. The molecule has 0 spiro atoms. The Balaban J connectivity index is 0.0000000705. The molecule has 0 aromatic rings. The van der Waals surface area contributed by atoms with E-state index in [9.17, 15) is 0 Å². The normalized spacial score (nSPS) is 61.6. The van der Waals surface area contributed by atoms with Gasteiger partial charge in [0.05, 0.1) is 0 Å². The van der Waals surface area contributed by atoms with E-state index in [-0.39, 0.29) is 0 Å². The van der Waals surface area contributed by atoms with Gasteiger partial charge in [-0.25, -0.2) is 0 Å². The van der Waals surface area contributed by atoms with Gasteiger partial charge in [0.1, 0.15) is 0 Å². The van der Waals surface area contributed by atoms with Gasteiger partial charge in [-0.1, -0.05) is 122 Å². The molecule has 37 saturated carbocycles. The fourth-order valence-electron chi connectivity index (χ4n) is 53.7. The Labute approximate surface area is 769 Å². The smallest absolute Gasteiger partial charge is 0.0321 e. The van der Waals surface area contributed by atoms with Gasteiger partial charge in [-0.15, -0.1) is 0 Å². The lowest BCUT2D eigenvalue weighted by molar-refractivity contribution is -0.0184. The molecule has 37 rings (SSSR count). The predicted molar refractivity (Wildman–Crippen MR) is 514 cm³/mol. The maximum absolute atomic E-state index is 1.70. The highest BCUT2D eigenvalue weighted by atomic mass is 14.8. The van der Waals surface area contributed by atoms with Crippen LogP contribution in [0, 0.1) is 331 Å². The van der Waals surface area contributed by atoms with Crippen molar-refractivity contribution in [2.24, 2.45) is 331 Å². The molecule has 52 unspecified atom stereocenters. The number of rotatable bonds is 0. The maximum atomic E-state index is 1.70. The lowest BCUT2D eigenvalue weighted by Gasteiger charge is -2.51. The SMILES string of the molecule is C1CC2C(C1)C1CC2C2C3CCC(C3)C12.C1CC2C3CCC(C3)C2C1.C1CC2CC1C1C3CC(C21)C1C2CCC(C2)C31.C1CC2CC1C1C3CC(C4CCC43)C21.C1CC2CC1C1C3CCC(C3)C21.C1CCC2C(C1)CCC1C3CCCC3CCC21.C1CCC2C(C1)CCC1CCCCC12.C1CCC2C3CCC(C3)C2C1.C1CCC2CC3C4CCC(C4)C3CC2C1. The predicted octanol–water partition coefficient (Wildman–Crippen LogP) is 33.8. The van der Waals surface area contributed by atoms with Crippen LogP contribution in [0.2, 0.25) is 0 Å². The molecule has 0 saturated heterocycles. The molecule has 694 valence electrons. The molecular weight excluding hydrogens is 1500 g/mol. The zero-order valence-electron chi connectivity index (χ0n) is 81.1. The molecule has 0 heterocycles. The van der Waals surface area contributed by atoms with Crippen molar-refractivity contribution in [2.75, 3.05) is 0 Å². The Morgan fingerprint density at radius 2 is 0.224 bits per heavy atom. The van der Waals surface area contributed by atoms with Crippen LogP contribution in [0.15, 0.2) is 0 Å². The molecular formula is C125H194. The molecule has 0 amide bonds. The van der Waals surface area contributed by atoms with Crippen molar-refractivity contribution in [2.45, 2.75) is 443 Å². The summed E-state index contributed by atoms with van der Waals surface area (Å²) in [5.41, 5.74) is 0. The van der Waals surface area contributed by atoms with Crippen LogP contribution >= 0.6 is 0 Å². The van der Waals surface area contributed by atoms with Gasteiger partial charge in [-0.2, -0.15) is 0 Å². The Bertz CT molecular complexity index is 3490. The molecule has 37 aliphatic rings. The fraction of sp³-hybridized carbons (Fsp3) is 1.00. The van der Waals surface area contributed by atoms with E-state index in [0.29, 0.717) is 0 Å². The van der Waals surface area contributed by atoms with E-state index in [4.69, 9.17) is 0 Å². The van der Waals surface area contributed by atoms with Gasteiger partial charge in [0.15, 0.2) is 0 Å². The van der Waals surface area contributed by atoms with Gasteiger partial charge in [0, 0.05) is 0 Å². The average molecular weight is 1700 g/mol. The van der Waals surface area contributed by atoms with E-state index in [1.165, 1.54) is 308 Å². The second-order valence-corrected chi connectivity index (χ2v) is 58.6. The Morgan fingerprint density at radius 1 is 0.0640 bits per heavy atom. The molecule has 52 atom stereocenters. The van der Waals surface area contributed by atoms with E-state index < -0.39 is 0 Å². The first kappa shape index (κ1) is 82.1. The standard InChI is InChI=1S/C17H24.C17H28.C15H22.C15H24.C14H20.C14H24.C12H18.C11H18.C10H16/c1-2-9-5-8(1)14-12-7-13(15(9)14)17-11-4-3-10(6-11)16(12)17;1-2-6-14-12(4-1)8-10-17-15-7-3-5-13(15)9-11-16(14)17;1-2-10-11(3-1)13-7-12(10)14-8-4-5-9(6-8)15(13)14;1-2-4-11-9-15-13-6-5-12(7-13)14(15)8-10(11)3-1;1-2-8-5-7(1)13-11-6-12(14(8)13)10-4-3-9(10)11;1-3-7-13-11(5-1)9-10-12-6-2-4-8-14(12)13;1-2-8-5-7(1)11-9-3-4-10(6-9)12(8)11;1-2-4-11-9-6-5-8(7-9)10(11)3-1;1-2-9-7-4-5-8(6-7)10(9)3-1/h8-17H,1-7H2;12-17H,1-11H2;8-15H,1-7H2;10-15H,1-9H2;7-14H,1-6H2;11-14H,1-10H2;7-12H,1-6H2;8-11H,1-7H2;7-10H,1-6H2. The summed E-state index contributed by atoms with van der Waals surface area (Å²) >= 11 is 0. The van der Waals surface area contributed by atoms with Gasteiger partial charge in [0.25, 0.3) is 0 Å². The third kappa shape index (κ3) is 13.5. The molecule has 24 bridgehead atoms. The van der Waals surface area contributed by atoms with Crippen LogP contribution in [-0.4, -0.2) is 0 Å². The third-order valence-corrected chi connectivity index (χ3v) is 56.5. The van der Waals surface area contributed by atoms with Crippen LogP contribution in [0.3, 0.4) is 0 Å². The summed E-state index contributed by atoms with van der Waals surface area (Å²) in [7, 11) is 0. The molecule has 0 heteroatoms. The van der Waals surface area contributed by atoms with Crippen molar-refractivity contribution >= 4 is 0 Å². The third-order valence-electron chi connectivity index (χ3n) is 56.5. The van der Waals surface area contributed by atoms with Crippen LogP contribution < -0.4 is 0 Å². The molecule has 37 aliphatic carbocycles. The monoisotopic (exact) mass is 1700 g/mol. The van der Waals surface area contributed by atoms with Crippen molar-refractivity contribution in [3.63, 3.8) is 0 Å². The zero-order valence-corrected chi connectivity index (χ0v) is 81.1. The first-order valence-electron chi connectivity index (χ1n) is 61.9. The molecule has 0 radical (unpaired) electrons. The minimum atomic E-state index is 1.16. The van der Waals surface area contributed by atoms with Gasteiger partial charge in [-0.05, 0) is 652 Å². The Hall–Kier alpha value is 0. The van der Waals surface area contributed by atoms with E-state index in [1.807, 2.05) is 0 Å². The van der Waals surface area contributed by atoms with Crippen LogP contribution in [0.25, 0.3) is 0 Å². The summed E-state index contributed by atoms with van der Waals surface area (Å²) in [6.45, 7) is 0. The largest absolute Gasteiger partial charge is 0.0530 e. The molecule has 37 fully saturated rings. The second-order valence-electron chi connectivity index (χ2n) is 58.6. The highest BCUT2D eigenvalue weighted by Crippen LogP contribution is 2.79. The maximum Gasteiger partial charge on any atom is -0.0321 e. The van der Waals surface area contributed by atoms with E-state index in [2.05, 4.69) is 0 Å². The molecule has 0 aromatic heterocycles. The minimum Gasteiger partial charge on any atom is -0.0530 e. The van der Waals surface area contributed by atoms with Gasteiger partial charge in [0.2, 0.25) is 0 Å². The second kappa shape index (κ2) is 33.4. The zero-order chi connectivity index (χ0) is 81.1. The summed E-state index contributed by atoms with van der Waals surface area (Å²) in [6.07, 6.45) is 111. The van der Waals surface area contributed by atoms with E-state index in [0.717, 1.165) is 23.7 Å².